The van der Waals surface area contributed by atoms with E-state index < -0.39 is 0 Å². The Morgan fingerprint density at radius 3 is 3.00 bits per heavy atom. The molecule has 0 aliphatic carbocycles. The van der Waals surface area contributed by atoms with Gasteiger partial charge in [-0.25, -0.2) is 4.98 Å². The van der Waals surface area contributed by atoms with E-state index in [2.05, 4.69) is 31.7 Å². The highest BCUT2D eigenvalue weighted by Gasteiger charge is 2.22. The van der Waals surface area contributed by atoms with Gasteiger partial charge in [0.05, 0.1) is 6.33 Å². The molecule has 1 fully saturated rings. The second-order valence-electron chi connectivity index (χ2n) is 5.00. The first-order valence-corrected chi connectivity index (χ1v) is 6.58. The van der Waals surface area contributed by atoms with Gasteiger partial charge in [0.1, 0.15) is 5.52 Å². The molecule has 6 heteroatoms. The fourth-order valence-electron chi connectivity index (χ4n) is 2.62. The maximum absolute atomic E-state index is 5.97. The summed E-state index contributed by atoms with van der Waals surface area (Å²) in [6, 6.07) is 0.434. The number of halogens is 1. The Labute approximate surface area is 111 Å². The van der Waals surface area contributed by atoms with Crippen LogP contribution >= 0.6 is 11.6 Å². The van der Waals surface area contributed by atoms with E-state index in [1.165, 1.54) is 19.4 Å². The SMILES string of the molecule is Cc1c(Cl)nnc2c1ncn2[C@@H]1CCCN(C)C1. The minimum atomic E-state index is 0.434. The fraction of sp³-hybridized carbons (Fsp3) is 0.583. The van der Waals surface area contributed by atoms with Crippen molar-refractivity contribution in [3.63, 3.8) is 0 Å². The standard InChI is InChI=1S/C12H16ClN5/c1-8-10-12(16-15-11(8)13)18(7-14-10)9-4-3-5-17(2)6-9/h7,9H,3-6H2,1-2H3/t9-/m1/s1. The van der Waals surface area contributed by atoms with E-state index in [0.717, 1.165) is 23.3 Å². The molecular weight excluding hydrogens is 250 g/mol. The zero-order valence-corrected chi connectivity index (χ0v) is 11.4. The van der Waals surface area contributed by atoms with E-state index in [4.69, 9.17) is 11.6 Å². The van der Waals surface area contributed by atoms with Gasteiger partial charge in [-0.2, -0.15) is 0 Å². The second kappa shape index (κ2) is 4.48. The third-order valence-corrected chi connectivity index (χ3v) is 4.02. The van der Waals surface area contributed by atoms with Gasteiger partial charge >= 0.3 is 0 Å². The topological polar surface area (TPSA) is 46.8 Å². The number of imidazole rings is 1. The van der Waals surface area contributed by atoms with Crippen LogP contribution in [0.15, 0.2) is 6.33 Å². The first-order chi connectivity index (χ1) is 8.66. The molecule has 0 amide bonds. The van der Waals surface area contributed by atoms with E-state index in [1.54, 1.807) is 0 Å². The Hall–Kier alpha value is -1.20. The molecule has 0 spiro atoms. The largest absolute Gasteiger partial charge is 0.309 e. The molecule has 0 radical (unpaired) electrons. The third-order valence-electron chi connectivity index (χ3n) is 3.66. The maximum atomic E-state index is 5.97. The Morgan fingerprint density at radius 2 is 2.22 bits per heavy atom. The van der Waals surface area contributed by atoms with E-state index in [1.807, 2.05) is 13.3 Å². The molecular formula is C12H16ClN5. The molecule has 18 heavy (non-hydrogen) atoms. The number of nitrogens with zero attached hydrogens (tertiary/aromatic N) is 5. The summed E-state index contributed by atoms with van der Waals surface area (Å²) in [6.45, 7) is 4.14. The molecule has 5 nitrogen and oxygen atoms in total. The number of aromatic nitrogens is 4. The van der Waals surface area contributed by atoms with Crippen LogP contribution in [-0.2, 0) is 0 Å². The number of hydrogen-bond donors (Lipinski definition) is 0. The summed E-state index contributed by atoms with van der Waals surface area (Å²) in [5.74, 6) is 0. The lowest BCUT2D eigenvalue weighted by Crippen LogP contribution is -2.33. The van der Waals surface area contributed by atoms with Crippen LogP contribution < -0.4 is 0 Å². The molecule has 3 rings (SSSR count). The van der Waals surface area contributed by atoms with Gasteiger partial charge in [0.2, 0.25) is 0 Å². The van der Waals surface area contributed by atoms with Gasteiger partial charge in [0, 0.05) is 18.2 Å². The minimum Gasteiger partial charge on any atom is -0.309 e. The van der Waals surface area contributed by atoms with Crippen molar-refractivity contribution >= 4 is 22.8 Å². The fourth-order valence-corrected chi connectivity index (χ4v) is 2.74. The molecule has 1 aliphatic heterocycles. The number of hydrogen-bond acceptors (Lipinski definition) is 4. The summed E-state index contributed by atoms with van der Waals surface area (Å²) in [6.07, 6.45) is 4.24. The molecule has 2 aromatic heterocycles. The van der Waals surface area contributed by atoms with Crippen molar-refractivity contribution in [1.82, 2.24) is 24.6 Å². The molecule has 2 aromatic rings. The Balaban J connectivity index is 2.05. The molecule has 1 atom stereocenters. The molecule has 0 aromatic carbocycles. The molecule has 0 N–H and O–H groups in total. The predicted molar refractivity (Wildman–Crippen MR) is 70.8 cm³/mol. The first-order valence-electron chi connectivity index (χ1n) is 6.20. The highest BCUT2D eigenvalue weighted by atomic mass is 35.5. The van der Waals surface area contributed by atoms with Gasteiger partial charge in [0.15, 0.2) is 10.8 Å². The number of piperidine rings is 1. The number of rotatable bonds is 1. The monoisotopic (exact) mass is 265 g/mol. The number of aryl methyl sites for hydroxylation is 1. The first kappa shape index (κ1) is 11.9. The highest BCUT2D eigenvalue weighted by Crippen LogP contribution is 2.26. The minimum absolute atomic E-state index is 0.434. The summed E-state index contributed by atoms with van der Waals surface area (Å²) < 4.78 is 2.14. The maximum Gasteiger partial charge on any atom is 0.183 e. The summed E-state index contributed by atoms with van der Waals surface area (Å²) in [5.41, 5.74) is 2.62. The molecule has 1 aliphatic rings. The van der Waals surface area contributed by atoms with Crippen molar-refractivity contribution in [2.75, 3.05) is 20.1 Å². The van der Waals surface area contributed by atoms with Crippen LogP contribution in [0.3, 0.4) is 0 Å². The molecule has 0 bridgehead atoms. The summed E-state index contributed by atoms with van der Waals surface area (Å²) >= 11 is 5.97. The zero-order valence-electron chi connectivity index (χ0n) is 10.6. The average molecular weight is 266 g/mol. The van der Waals surface area contributed by atoms with Crippen molar-refractivity contribution in [3.8, 4) is 0 Å². The van der Waals surface area contributed by atoms with Gasteiger partial charge in [-0.15, -0.1) is 10.2 Å². The molecule has 96 valence electrons. The Morgan fingerprint density at radius 1 is 1.39 bits per heavy atom. The molecule has 0 saturated carbocycles. The van der Waals surface area contributed by atoms with Crippen molar-refractivity contribution in [2.45, 2.75) is 25.8 Å². The summed E-state index contributed by atoms with van der Waals surface area (Å²) in [7, 11) is 2.15. The Bertz CT molecular complexity index is 579. The van der Waals surface area contributed by atoms with E-state index in [9.17, 15) is 0 Å². The third kappa shape index (κ3) is 1.87. The number of likely N-dealkylation sites (tertiary alicyclic amines) is 1. The van der Waals surface area contributed by atoms with Crippen molar-refractivity contribution < 1.29 is 0 Å². The highest BCUT2D eigenvalue weighted by molar-refractivity contribution is 6.30. The van der Waals surface area contributed by atoms with Gasteiger partial charge in [-0.3, -0.25) is 0 Å². The van der Waals surface area contributed by atoms with Crippen LogP contribution in [0, 0.1) is 6.92 Å². The van der Waals surface area contributed by atoms with Gasteiger partial charge in [0.25, 0.3) is 0 Å². The molecule has 0 unspecified atom stereocenters. The van der Waals surface area contributed by atoms with Crippen LogP contribution in [-0.4, -0.2) is 44.8 Å². The Kier molecular flexibility index (Phi) is 2.95. The normalized spacial score (nSPS) is 21.6. The lowest BCUT2D eigenvalue weighted by Gasteiger charge is -2.30. The summed E-state index contributed by atoms with van der Waals surface area (Å²) in [5, 5.41) is 8.63. The van der Waals surface area contributed by atoms with E-state index >= 15 is 0 Å². The van der Waals surface area contributed by atoms with Crippen LogP contribution in [0.4, 0.5) is 0 Å². The van der Waals surface area contributed by atoms with Crippen LogP contribution in [0.5, 0.6) is 0 Å². The predicted octanol–water partition coefficient (Wildman–Crippen LogP) is 2.05. The van der Waals surface area contributed by atoms with Crippen molar-refractivity contribution in [3.05, 3.63) is 17.0 Å². The zero-order chi connectivity index (χ0) is 12.7. The quantitative estimate of drug-likeness (QED) is 0.792. The van der Waals surface area contributed by atoms with Gasteiger partial charge < -0.3 is 9.47 Å². The second-order valence-corrected chi connectivity index (χ2v) is 5.36. The van der Waals surface area contributed by atoms with E-state index in [0.29, 0.717) is 11.2 Å². The van der Waals surface area contributed by atoms with E-state index in [-0.39, 0.29) is 0 Å². The average Bonchev–Trinajstić information content (AvgIpc) is 2.78. The lowest BCUT2D eigenvalue weighted by molar-refractivity contribution is 0.214. The summed E-state index contributed by atoms with van der Waals surface area (Å²) in [4.78, 5) is 6.78. The van der Waals surface area contributed by atoms with Crippen molar-refractivity contribution in [2.24, 2.45) is 0 Å². The van der Waals surface area contributed by atoms with Gasteiger partial charge in [-0.05, 0) is 33.4 Å². The molecule has 1 saturated heterocycles. The van der Waals surface area contributed by atoms with Crippen molar-refractivity contribution in [1.29, 1.82) is 0 Å². The van der Waals surface area contributed by atoms with Crippen LogP contribution in [0.1, 0.15) is 24.4 Å². The number of fused-ring (bicyclic) bond motifs is 1. The van der Waals surface area contributed by atoms with Crippen LogP contribution in [0.25, 0.3) is 11.2 Å². The number of likely N-dealkylation sites (N-methyl/N-ethyl adjacent to an activating group) is 1. The smallest absolute Gasteiger partial charge is 0.183 e. The van der Waals surface area contributed by atoms with Gasteiger partial charge in [-0.1, -0.05) is 11.6 Å². The molecule has 3 heterocycles. The van der Waals surface area contributed by atoms with Crippen LogP contribution in [0.2, 0.25) is 5.15 Å². The lowest BCUT2D eigenvalue weighted by atomic mass is 10.1.